The molecule has 7 heteroatoms. The van der Waals surface area contributed by atoms with E-state index in [1.807, 2.05) is 32.9 Å². The van der Waals surface area contributed by atoms with Crippen molar-refractivity contribution in [3.8, 4) is 0 Å². The molecule has 0 atom stereocenters. The van der Waals surface area contributed by atoms with Gasteiger partial charge in [0.15, 0.2) is 0 Å². The molecule has 0 saturated carbocycles. The van der Waals surface area contributed by atoms with E-state index >= 15 is 0 Å². The SMILES string of the molecule is CCOC(=O)Cc1c(C)c2c(c(C)c1N(C)C(=O)c1ccc(C)cc1)CN(C(=O)c1cccc(F)c1)C2. The van der Waals surface area contributed by atoms with E-state index in [4.69, 9.17) is 4.74 Å². The summed E-state index contributed by atoms with van der Waals surface area (Å²) in [5.74, 6) is -1.32. The second-order valence-electron chi connectivity index (χ2n) is 9.42. The van der Waals surface area contributed by atoms with Crippen molar-refractivity contribution < 1.29 is 23.5 Å². The van der Waals surface area contributed by atoms with Crippen molar-refractivity contribution in [1.29, 1.82) is 0 Å². The predicted molar refractivity (Wildman–Crippen MR) is 140 cm³/mol. The van der Waals surface area contributed by atoms with E-state index in [9.17, 15) is 18.8 Å². The number of rotatable bonds is 6. The first-order chi connectivity index (χ1) is 17.6. The molecule has 0 aliphatic carbocycles. The Hall–Kier alpha value is -4.00. The third-order valence-electron chi connectivity index (χ3n) is 6.99. The summed E-state index contributed by atoms with van der Waals surface area (Å²) in [6.45, 7) is 8.46. The van der Waals surface area contributed by atoms with Gasteiger partial charge in [0.25, 0.3) is 11.8 Å². The number of hydrogen-bond donors (Lipinski definition) is 0. The molecule has 0 aromatic heterocycles. The molecule has 0 radical (unpaired) electrons. The van der Waals surface area contributed by atoms with Crippen molar-refractivity contribution in [2.45, 2.75) is 47.2 Å². The Morgan fingerprint density at radius 2 is 1.59 bits per heavy atom. The van der Waals surface area contributed by atoms with E-state index < -0.39 is 5.82 Å². The highest BCUT2D eigenvalue weighted by molar-refractivity contribution is 6.07. The molecule has 3 aromatic rings. The van der Waals surface area contributed by atoms with Gasteiger partial charge in [-0.25, -0.2) is 4.39 Å². The first-order valence-corrected chi connectivity index (χ1v) is 12.3. The monoisotopic (exact) mass is 502 g/mol. The number of carbonyl (C=O) groups is 3. The third-order valence-corrected chi connectivity index (χ3v) is 6.99. The number of nitrogens with zero attached hydrogens (tertiary/aromatic N) is 2. The molecular weight excluding hydrogens is 471 g/mol. The molecular formula is C30H31FN2O4. The van der Waals surface area contributed by atoms with Gasteiger partial charge in [0.05, 0.1) is 18.7 Å². The average molecular weight is 503 g/mol. The van der Waals surface area contributed by atoms with Gasteiger partial charge in [0.1, 0.15) is 5.82 Å². The minimum Gasteiger partial charge on any atom is -0.466 e. The first kappa shape index (κ1) is 26.1. The zero-order valence-electron chi connectivity index (χ0n) is 21.9. The second-order valence-corrected chi connectivity index (χ2v) is 9.42. The standard InChI is InChI=1S/C30H31FN2O4/c1-6-37-27(34)15-24-19(3)25-16-33(30(36)22-8-7-9-23(31)14-22)17-26(25)20(4)28(24)32(5)29(35)21-12-10-18(2)11-13-21/h7-14H,6,15-17H2,1-5H3. The maximum Gasteiger partial charge on any atom is 0.310 e. The summed E-state index contributed by atoms with van der Waals surface area (Å²) in [7, 11) is 1.70. The largest absolute Gasteiger partial charge is 0.466 e. The lowest BCUT2D eigenvalue weighted by atomic mass is 9.90. The molecule has 6 nitrogen and oxygen atoms in total. The molecule has 0 fully saturated rings. The summed E-state index contributed by atoms with van der Waals surface area (Å²) in [6.07, 6.45) is 0.00644. The summed E-state index contributed by atoms with van der Waals surface area (Å²) < 4.78 is 19.0. The van der Waals surface area contributed by atoms with Crippen molar-refractivity contribution in [1.82, 2.24) is 4.90 Å². The number of halogens is 1. The van der Waals surface area contributed by atoms with E-state index in [-0.39, 0.29) is 36.4 Å². The van der Waals surface area contributed by atoms with Crippen LogP contribution in [-0.4, -0.2) is 36.3 Å². The Kier molecular flexibility index (Phi) is 7.43. The van der Waals surface area contributed by atoms with Crippen LogP contribution in [-0.2, 0) is 29.0 Å². The highest BCUT2D eigenvalue weighted by atomic mass is 19.1. The van der Waals surface area contributed by atoms with Gasteiger partial charge in [-0.2, -0.15) is 0 Å². The van der Waals surface area contributed by atoms with E-state index in [0.29, 0.717) is 29.9 Å². The van der Waals surface area contributed by atoms with Crippen molar-refractivity contribution >= 4 is 23.5 Å². The van der Waals surface area contributed by atoms with Crippen LogP contribution in [0.1, 0.15) is 61.0 Å². The van der Waals surface area contributed by atoms with Gasteiger partial charge in [0.2, 0.25) is 0 Å². The first-order valence-electron chi connectivity index (χ1n) is 12.3. The number of anilines is 1. The van der Waals surface area contributed by atoms with Gasteiger partial charge in [-0.05, 0) is 85.8 Å². The van der Waals surface area contributed by atoms with Crippen LogP contribution in [0.15, 0.2) is 48.5 Å². The average Bonchev–Trinajstić information content (AvgIpc) is 3.33. The van der Waals surface area contributed by atoms with Crippen molar-refractivity contribution in [2.24, 2.45) is 0 Å². The summed E-state index contributed by atoms with van der Waals surface area (Å²) in [4.78, 5) is 42.5. The topological polar surface area (TPSA) is 66.9 Å². The second kappa shape index (κ2) is 10.5. The van der Waals surface area contributed by atoms with Crippen LogP contribution in [0.5, 0.6) is 0 Å². The van der Waals surface area contributed by atoms with Gasteiger partial charge in [-0.3, -0.25) is 14.4 Å². The molecule has 1 aliphatic rings. The van der Waals surface area contributed by atoms with E-state index in [1.54, 1.807) is 42.0 Å². The molecule has 0 saturated heterocycles. The van der Waals surface area contributed by atoms with E-state index in [2.05, 4.69) is 0 Å². The number of aryl methyl sites for hydroxylation is 1. The Morgan fingerprint density at radius 3 is 2.22 bits per heavy atom. The Balaban J connectivity index is 1.77. The Labute approximate surface area is 216 Å². The summed E-state index contributed by atoms with van der Waals surface area (Å²) in [5, 5.41) is 0. The van der Waals surface area contributed by atoms with E-state index in [1.165, 1.54) is 18.2 Å². The Morgan fingerprint density at radius 1 is 0.946 bits per heavy atom. The molecule has 1 aliphatic heterocycles. The predicted octanol–water partition coefficient (Wildman–Crippen LogP) is 5.29. The zero-order chi connectivity index (χ0) is 26.9. The molecule has 2 amide bonds. The minimum absolute atomic E-state index is 0.00644. The van der Waals surface area contributed by atoms with Crippen LogP contribution in [0.3, 0.4) is 0 Å². The quantitative estimate of drug-likeness (QED) is 0.430. The van der Waals surface area contributed by atoms with Gasteiger partial charge in [-0.15, -0.1) is 0 Å². The molecule has 192 valence electrons. The maximum absolute atomic E-state index is 13.8. The summed E-state index contributed by atoms with van der Waals surface area (Å²) >= 11 is 0. The zero-order valence-corrected chi connectivity index (χ0v) is 21.9. The molecule has 1 heterocycles. The Bertz CT molecular complexity index is 1380. The van der Waals surface area contributed by atoms with E-state index in [0.717, 1.165) is 27.8 Å². The smallest absolute Gasteiger partial charge is 0.310 e. The lowest BCUT2D eigenvalue weighted by Gasteiger charge is -2.27. The molecule has 37 heavy (non-hydrogen) atoms. The van der Waals surface area contributed by atoms with Crippen LogP contribution in [0, 0.1) is 26.6 Å². The number of benzene rings is 3. The van der Waals surface area contributed by atoms with Gasteiger partial charge >= 0.3 is 5.97 Å². The molecule has 0 bridgehead atoms. The number of hydrogen-bond acceptors (Lipinski definition) is 4. The third kappa shape index (κ3) is 5.12. The van der Waals surface area contributed by atoms with Crippen molar-refractivity contribution in [3.05, 3.63) is 98.9 Å². The lowest BCUT2D eigenvalue weighted by Crippen LogP contribution is -2.29. The van der Waals surface area contributed by atoms with Crippen LogP contribution in [0.4, 0.5) is 10.1 Å². The fraction of sp³-hybridized carbons (Fsp3) is 0.300. The van der Waals surface area contributed by atoms with Crippen LogP contribution in [0.25, 0.3) is 0 Å². The minimum atomic E-state index is -0.467. The summed E-state index contributed by atoms with van der Waals surface area (Å²) in [6, 6.07) is 13.0. The van der Waals surface area contributed by atoms with Gasteiger partial charge in [0, 0.05) is 31.3 Å². The van der Waals surface area contributed by atoms with Gasteiger partial charge in [-0.1, -0.05) is 23.8 Å². The highest BCUT2D eigenvalue weighted by Crippen LogP contribution is 2.39. The number of amides is 2. The lowest BCUT2D eigenvalue weighted by molar-refractivity contribution is -0.142. The van der Waals surface area contributed by atoms with Crippen LogP contribution < -0.4 is 4.90 Å². The normalized spacial score (nSPS) is 12.3. The molecule has 0 spiro atoms. The number of fused-ring (bicyclic) bond motifs is 1. The fourth-order valence-corrected chi connectivity index (χ4v) is 5.01. The van der Waals surface area contributed by atoms with Gasteiger partial charge < -0.3 is 14.5 Å². The number of carbonyl (C=O) groups excluding carboxylic acids is 3. The van der Waals surface area contributed by atoms with Crippen molar-refractivity contribution in [3.63, 3.8) is 0 Å². The van der Waals surface area contributed by atoms with Crippen molar-refractivity contribution in [2.75, 3.05) is 18.6 Å². The molecule has 0 unspecified atom stereocenters. The highest BCUT2D eigenvalue weighted by Gasteiger charge is 2.33. The molecule has 4 rings (SSSR count). The number of ether oxygens (including phenoxy) is 1. The maximum atomic E-state index is 13.8. The molecule has 0 N–H and O–H groups in total. The van der Waals surface area contributed by atoms with Crippen LogP contribution in [0.2, 0.25) is 0 Å². The molecule has 3 aromatic carbocycles. The van der Waals surface area contributed by atoms with Crippen LogP contribution >= 0.6 is 0 Å². The number of esters is 1. The fourth-order valence-electron chi connectivity index (χ4n) is 5.01. The summed E-state index contributed by atoms with van der Waals surface area (Å²) in [5.41, 5.74) is 6.79.